The van der Waals surface area contributed by atoms with Crippen molar-refractivity contribution in [3.63, 3.8) is 0 Å². The molecule has 28 heavy (non-hydrogen) atoms. The molecule has 0 radical (unpaired) electrons. The number of hydrogen-bond donors (Lipinski definition) is 0. The first-order valence-corrected chi connectivity index (χ1v) is 18.1. The van der Waals surface area contributed by atoms with E-state index in [0.29, 0.717) is 0 Å². The largest absolute Gasteiger partial charge is 0.409 e. The lowest BCUT2D eigenvalue weighted by Gasteiger charge is -2.54. The topological polar surface area (TPSA) is 36.9 Å². The summed E-state index contributed by atoms with van der Waals surface area (Å²) in [4.78, 5) is 0. The summed E-state index contributed by atoms with van der Waals surface area (Å²) in [6, 6.07) is 0. The van der Waals surface area contributed by atoms with Crippen molar-refractivity contribution < 1.29 is 16.5 Å². The Morgan fingerprint density at radius 3 is 0.643 bits per heavy atom. The molecule has 1 rings (SSSR count). The minimum atomic E-state index is -2.88. The Kier molecular flexibility index (Phi) is 8.46. The molecule has 0 aromatic heterocycles. The van der Waals surface area contributed by atoms with Gasteiger partial charge < -0.3 is 16.5 Å². The average molecular weight is 457 g/mol. The van der Waals surface area contributed by atoms with Crippen molar-refractivity contribution in [2.24, 2.45) is 0 Å². The maximum absolute atomic E-state index is 6.99. The molecule has 1 saturated heterocycles. The molecular formula is C20H40O4Si4. The van der Waals surface area contributed by atoms with Gasteiger partial charge in [0, 0.05) is 0 Å². The van der Waals surface area contributed by atoms with Gasteiger partial charge in [0.05, 0.1) is 0 Å². The molecule has 1 aliphatic rings. The molecule has 0 aromatic rings. The van der Waals surface area contributed by atoms with Crippen LogP contribution in [0.4, 0.5) is 0 Å². The molecule has 0 spiro atoms. The van der Waals surface area contributed by atoms with Crippen molar-refractivity contribution in [1.82, 2.24) is 0 Å². The standard InChI is InChI=1S/C20H40O4Si4/c1-13-25(17(5)6)21-26(14-2,18(7)8)23-28(16-4,20(11)12)24-27(15-3,22-25)19(9)10/h13-20H,1-4H2,5-12H3. The van der Waals surface area contributed by atoms with Gasteiger partial charge in [-0.15, -0.1) is 26.3 Å². The minimum absolute atomic E-state index is 0.144. The van der Waals surface area contributed by atoms with Gasteiger partial charge >= 0.3 is 34.2 Å². The Labute approximate surface area is 177 Å². The molecule has 0 amide bonds. The minimum Gasteiger partial charge on any atom is -0.409 e. The number of hydrogen-bond acceptors (Lipinski definition) is 4. The van der Waals surface area contributed by atoms with Crippen molar-refractivity contribution in [1.29, 1.82) is 0 Å². The second kappa shape index (κ2) is 9.21. The third kappa shape index (κ3) is 4.39. The molecule has 160 valence electrons. The van der Waals surface area contributed by atoms with Crippen molar-refractivity contribution in [3.05, 3.63) is 49.1 Å². The van der Waals surface area contributed by atoms with Crippen LogP contribution in [0.1, 0.15) is 55.4 Å². The molecule has 0 atom stereocenters. The van der Waals surface area contributed by atoms with E-state index in [1.807, 2.05) is 22.8 Å². The Bertz CT molecular complexity index is 489. The van der Waals surface area contributed by atoms with E-state index in [0.717, 1.165) is 0 Å². The molecule has 1 aliphatic heterocycles. The van der Waals surface area contributed by atoms with Crippen LogP contribution in [0.5, 0.6) is 0 Å². The molecular weight excluding hydrogens is 417 g/mol. The summed E-state index contributed by atoms with van der Waals surface area (Å²) in [6.45, 7) is 33.5. The van der Waals surface area contributed by atoms with Crippen LogP contribution in [-0.4, -0.2) is 34.2 Å². The van der Waals surface area contributed by atoms with Crippen LogP contribution in [0, 0.1) is 0 Å². The van der Waals surface area contributed by atoms with Gasteiger partial charge in [-0.2, -0.15) is 0 Å². The van der Waals surface area contributed by atoms with Gasteiger partial charge in [0.15, 0.2) is 0 Å². The van der Waals surface area contributed by atoms with E-state index in [2.05, 4.69) is 81.7 Å². The van der Waals surface area contributed by atoms with Crippen molar-refractivity contribution in [2.75, 3.05) is 0 Å². The van der Waals surface area contributed by atoms with Crippen LogP contribution in [0.3, 0.4) is 0 Å². The zero-order valence-corrected chi connectivity index (χ0v) is 23.1. The monoisotopic (exact) mass is 456 g/mol. The summed E-state index contributed by atoms with van der Waals surface area (Å²) in [5, 5.41) is 0. The maximum atomic E-state index is 6.99. The van der Waals surface area contributed by atoms with E-state index in [9.17, 15) is 0 Å². The van der Waals surface area contributed by atoms with Crippen LogP contribution in [0.25, 0.3) is 0 Å². The van der Waals surface area contributed by atoms with Gasteiger partial charge in [-0.25, -0.2) is 0 Å². The average Bonchev–Trinajstić information content (AvgIpc) is 2.62. The normalized spacial score (nSPS) is 37.0. The maximum Gasteiger partial charge on any atom is 0.349 e. The van der Waals surface area contributed by atoms with E-state index in [1.165, 1.54) is 0 Å². The van der Waals surface area contributed by atoms with Gasteiger partial charge in [-0.3, -0.25) is 0 Å². The van der Waals surface area contributed by atoms with E-state index in [4.69, 9.17) is 16.5 Å². The van der Waals surface area contributed by atoms with Crippen LogP contribution in [0.15, 0.2) is 49.1 Å². The van der Waals surface area contributed by atoms with E-state index in [1.54, 1.807) is 0 Å². The molecule has 8 heteroatoms. The van der Waals surface area contributed by atoms with Crippen molar-refractivity contribution in [3.8, 4) is 0 Å². The zero-order valence-electron chi connectivity index (χ0n) is 19.1. The first-order chi connectivity index (χ1) is 12.8. The Morgan fingerprint density at radius 1 is 0.429 bits per heavy atom. The highest BCUT2D eigenvalue weighted by molar-refractivity contribution is 7.00. The molecule has 0 N–H and O–H groups in total. The van der Waals surface area contributed by atoms with Gasteiger partial charge in [-0.1, -0.05) is 78.2 Å². The highest BCUT2D eigenvalue weighted by Gasteiger charge is 2.63. The zero-order chi connectivity index (χ0) is 22.0. The highest BCUT2D eigenvalue weighted by Crippen LogP contribution is 2.46. The highest BCUT2D eigenvalue weighted by atomic mass is 28.5. The smallest absolute Gasteiger partial charge is 0.349 e. The summed E-state index contributed by atoms with van der Waals surface area (Å²) in [7, 11) is -11.5. The molecule has 1 fully saturated rings. The fourth-order valence-corrected chi connectivity index (χ4v) is 25.5. The summed E-state index contributed by atoms with van der Waals surface area (Å²) in [6.07, 6.45) is 0. The van der Waals surface area contributed by atoms with Gasteiger partial charge in [0.2, 0.25) is 0 Å². The fourth-order valence-electron chi connectivity index (χ4n) is 3.30. The lowest BCUT2D eigenvalue weighted by molar-refractivity contribution is 0.217. The quantitative estimate of drug-likeness (QED) is 0.397. The molecule has 0 aromatic carbocycles. The van der Waals surface area contributed by atoms with E-state index in [-0.39, 0.29) is 22.2 Å². The van der Waals surface area contributed by atoms with Crippen LogP contribution in [-0.2, 0) is 16.5 Å². The first kappa shape index (κ1) is 25.7. The van der Waals surface area contributed by atoms with Crippen LogP contribution < -0.4 is 0 Å². The fraction of sp³-hybridized carbons (Fsp3) is 0.600. The molecule has 0 saturated carbocycles. The van der Waals surface area contributed by atoms with Gasteiger partial charge in [0.1, 0.15) is 0 Å². The Hall–Kier alpha value is -0.332. The molecule has 1 heterocycles. The molecule has 0 unspecified atom stereocenters. The van der Waals surface area contributed by atoms with Gasteiger partial charge in [0.25, 0.3) is 0 Å². The first-order valence-electron chi connectivity index (χ1n) is 10.2. The van der Waals surface area contributed by atoms with E-state index < -0.39 is 34.2 Å². The molecule has 0 aliphatic carbocycles. The SMILES string of the molecule is C=C[Si]1(C(C)C)O[Si](C=C)(C(C)C)O[Si](C=C)(C(C)C)O[Si](C=C)(C(C)C)O1. The van der Waals surface area contributed by atoms with Gasteiger partial charge in [-0.05, 0) is 22.2 Å². The van der Waals surface area contributed by atoms with Crippen molar-refractivity contribution >= 4 is 34.2 Å². The summed E-state index contributed by atoms with van der Waals surface area (Å²) >= 11 is 0. The Morgan fingerprint density at radius 2 is 0.571 bits per heavy atom. The summed E-state index contributed by atoms with van der Waals surface area (Å²) in [5.74, 6) is 0. The summed E-state index contributed by atoms with van der Waals surface area (Å²) in [5.41, 5.74) is 8.14. The third-order valence-corrected chi connectivity index (χ3v) is 24.6. The van der Waals surface area contributed by atoms with E-state index >= 15 is 0 Å². The van der Waals surface area contributed by atoms with Crippen molar-refractivity contribution in [2.45, 2.75) is 77.6 Å². The van der Waals surface area contributed by atoms with Crippen LogP contribution in [0.2, 0.25) is 22.2 Å². The summed E-state index contributed by atoms with van der Waals surface area (Å²) < 4.78 is 28.0. The predicted molar refractivity (Wildman–Crippen MR) is 129 cm³/mol. The third-order valence-electron chi connectivity index (χ3n) is 5.63. The lowest BCUT2D eigenvalue weighted by Crippen LogP contribution is -2.71. The molecule has 4 nitrogen and oxygen atoms in total. The lowest BCUT2D eigenvalue weighted by atomic mass is 10.6. The predicted octanol–water partition coefficient (Wildman–Crippen LogP) is 6.38. The second-order valence-corrected chi connectivity index (χ2v) is 24.0. The second-order valence-electron chi connectivity index (χ2n) is 8.73. The molecule has 0 bridgehead atoms. The number of rotatable bonds is 8. The van der Waals surface area contributed by atoms with Crippen LogP contribution >= 0.6 is 0 Å². The Balaban J connectivity index is 3.87.